The normalized spacial score (nSPS) is 18.7. The van der Waals surface area contributed by atoms with E-state index < -0.39 is 11.8 Å². The molecule has 1 aromatic carbocycles. The van der Waals surface area contributed by atoms with Crippen LogP contribution in [0.15, 0.2) is 30.3 Å². The lowest BCUT2D eigenvalue weighted by molar-refractivity contribution is -0.148. The van der Waals surface area contributed by atoms with Crippen LogP contribution in [0.3, 0.4) is 0 Å². The first-order valence-electron chi connectivity index (χ1n) is 5.15. The van der Waals surface area contributed by atoms with Gasteiger partial charge in [-0.1, -0.05) is 30.3 Å². The second-order valence-electron chi connectivity index (χ2n) is 4.05. The van der Waals surface area contributed by atoms with Crippen LogP contribution in [0.2, 0.25) is 0 Å². The van der Waals surface area contributed by atoms with Gasteiger partial charge in [0.05, 0.1) is 6.61 Å². The highest BCUT2D eigenvalue weighted by Crippen LogP contribution is 2.19. The monoisotopic (exact) mass is 222 g/mol. The van der Waals surface area contributed by atoms with E-state index in [2.05, 4.69) is 0 Å². The van der Waals surface area contributed by atoms with Gasteiger partial charge in [0.1, 0.15) is 18.8 Å². The van der Waals surface area contributed by atoms with Gasteiger partial charge < -0.3 is 14.2 Å². The topological polar surface area (TPSA) is 44.8 Å². The van der Waals surface area contributed by atoms with Crippen molar-refractivity contribution in [1.82, 2.24) is 0 Å². The summed E-state index contributed by atoms with van der Waals surface area (Å²) >= 11 is 0. The molecule has 4 heteroatoms. The van der Waals surface area contributed by atoms with Crippen molar-refractivity contribution in [3.05, 3.63) is 35.9 Å². The van der Waals surface area contributed by atoms with E-state index in [9.17, 15) is 4.79 Å². The Labute approximate surface area is 94.1 Å². The van der Waals surface area contributed by atoms with Crippen LogP contribution >= 0.6 is 0 Å². The molecule has 0 amide bonds. The fourth-order valence-corrected chi connectivity index (χ4v) is 1.42. The Balaban J connectivity index is 1.88. The van der Waals surface area contributed by atoms with Crippen LogP contribution in [0, 0.1) is 0 Å². The van der Waals surface area contributed by atoms with Crippen LogP contribution in [0.25, 0.3) is 0 Å². The minimum atomic E-state index is -0.624. The van der Waals surface area contributed by atoms with E-state index in [-0.39, 0.29) is 13.2 Å². The van der Waals surface area contributed by atoms with Gasteiger partial charge in [-0.3, -0.25) is 0 Å². The molecule has 86 valence electrons. The van der Waals surface area contributed by atoms with Gasteiger partial charge in [-0.05, 0) is 12.5 Å². The zero-order chi connectivity index (χ0) is 11.4. The van der Waals surface area contributed by atoms with Crippen LogP contribution in [-0.2, 0) is 20.8 Å². The minimum Gasteiger partial charge on any atom is -0.431 e. The number of cyclic esters (lactones) is 2. The maximum atomic E-state index is 10.7. The summed E-state index contributed by atoms with van der Waals surface area (Å²) in [6, 6.07) is 9.84. The van der Waals surface area contributed by atoms with E-state index in [0.29, 0.717) is 6.61 Å². The smallest absolute Gasteiger partial charge is 0.431 e. The van der Waals surface area contributed by atoms with Crippen molar-refractivity contribution >= 4 is 6.16 Å². The molecule has 2 rings (SSSR count). The quantitative estimate of drug-likeness (QED) is 0.735. The molecule has 1 aliphatic rings. The lowest BCUT2D eigenvalue weighted by atomic mass is 10.1. The highest BCUT2D eigenvalue weighted by molar-refractivity contribution is 5.60. The number of benzene rings is 1. The number of hydrogen-bond acceptors (Lipinski definition) is 4. The molecule has 1 fully saturated rings. The van der Waals surface area contributed by atoms with Crippen molar-refractivity contribution in [3.8, 4) is 0 Å². The lowest BCUT2D eigenvalue weighted by Crippen LogP contribution is -2.45. The summed E-state index contributed by atoms with van der Waals surface area (Å²) in [5.74, 6) is 0. The van der Waals surface area contributed by atoms with Crippen LogP contribution in [0.4, 0.5) is 4.79 Å². The maximum absolute atomic E-state index is 10.7. The molecule has 0 atom stereocenters. The highest BCUT2D eigenvalue weighted by atomic mass is 16.7. The summed E-state index contributed by atoms with van der Waals surface area (Å²) in [7, 11) is 0. The number of carbonyl (C=O) groups is 1. The molecule has 16 heavy (non-hydrogen) atoms. The molecular weight excluding hydrogens is 208 g/mol. The molecule has 0 radical (unpaired) electrons. The molecule has 0 N–H and O–H groups in total. The van der Waals surface area contributed by atoms with Gasteiger partial charge in [0, 0.05) is 0 Å². The van der Waals surface area contributed by atoms with Crippen LogP contribution in [-0.4, -0.2) is 25.0 Å². The first-order valence-corrected chi connectivity index (χ1v) is 5.15. The van der Waals surface area contributed by atoms with Gasteiger partial charge in [-0.15, -0.1) is 0 Å². The number of rotatable bonds is 3. The summed E-state index contributed by atoms with van der Waals surface area (Å²) in [5.41, 5.74) is 0.532. The van der Waals surface area contributed by atoms with Gasteiger partial charge >= 0.3 is 6.16 Å². The minimum absolute atomic E-state index is 0.235. The highest BCUT2D eigenvalue weighted by Gasteiger charge is 2.34. The SMILES string of the molecule is CC1(OCc2ccccc2)COC(=O)OC1. The molecule has 0 saturated carbocycles. The summed E-state index contributed by atoms with van der Waals surface area (Å²) < 4.78 is 15.3. The fraction of sp³-hybridized carbons (Fsp3) is 0.417. The zero-order valence-corrected chi connectivity index (χ0v) is 9.14. The molecule has 1 saturated heterocycles. The van der Waals surface area contributed by atoms with Crippen molar-refractivity contribution in [2.24, 2.45) is 0 Å². The summed E-state index contributed by atoms with van der Waals surface area (Å²) in [4.78, 5) is 10.7. The third-order valence-corrected chi connectivity index (χ3v) is 2.42. The van der Waals surface area contributed by atoms with E-state index in [1.54, 1.807) is 0 Å². The molecule has 0 spiro atoms. The number of ether oxygens (including phenoxy) is 3. The molecule has 1 aromatic rings. The van der Waals surface area contributed by atoms with Gasteiger partial charge in [0.2, 0.25) is 0 Å². The average Bonchev–Trinajstić information content (AvgIpc) is 2.33. The second kappa shape index (κ2) is 4.53. The lowest BCUT2D eigenvalue weighted by Gasteiger charge is -2.32. The molecule has 1 heterocycles. The molecule has 4 nitrogen and oxygen atoms in total. The Morgan fingerprint density at radius 3 is 2.50 bits per heavy atom. The third kappa shape index (κ3) is 2.73. The van der Waals surface area contributed by atoms with Crippen molar-refractivity contribution < 1.29 is 19.0 Å². The van der Waals surface area contributed by atoms with Crippen molar-refractivity contribution in [1.29, 1.82) is 0 Å². The van der Waals surface area contributed by atoms with Crippen molar-refractivity contribution in [3.63, 3.8) is 0 Å². The van der Waals surface area contributed by atoms with Crippen molar-refractivity contribution in [2.75, 3.05) is 13.2 Å². The predicted molar refractivity (Wildman–Crippen MR) is 56.9 cm³/mol. The van der Waals surface area contributed by atoms with Crippen LogP contribution in [0.1, 0.15) is 12.5 Å². The fourth-order valence-electron chi connectivity index (χ4n) is 1.42. The Morgan fingerprint density at radius 2 is 1.88 bits per heavy atom. The van der Waals surface area contributed by atoms with Gasteiger partial charge in [-0.25, -0.2) is 4.79 Å². The number of carbonyl (C=O) groups excluding carboxylic acids is 1. The van der Waals surface area contributed by atoms with E-state index in [4.69, 9.17) is 14.2 Å². The molecular formula is C12H14O4. The molecule has 0 aliphatic carbocycles. The van der Waals surface area contributed by atoms with Crippen LogP contribution < -0.4 is 0 Å². The first-order chi connectivity index (χ1) is 7.68. The zero-order valence-electron chi connectivity index (χ0n) is 9.14. The predicted octanol–water partition coefficient (Wildman–Crippen LogP) is 2.13. The van der Waals surface area contributed by atoms with E-state index in [0.717, 1.165) is 5.56 Å². The summed E-state index contributed by atoms with van der Waals surface area (Å²) in [6.45, 7) is 2.82. The first kappa shape index (κ1) is 11.0. The molecule has 0 unspecified atom stereocenters. The Hall–Kier alpha value is -1.55. The third-order valence-electron chi connectivity index (χ3n) is 2.42. The molecule has 1 aliphatic heterocycles. The standard InChI is InChI=1S/C12H14O4/c1-12(8-14-11(13)15-9-12)16-7-10-5-3-2-4-6-10/h2-6H,7-9H2,1H3. The van der Waals surface area contributed by atoms with Gasteiger partial charge in [-0.2, -0.15) is 0 Å². The maximum Gasteiger partial charge on any atom is 0.508 e. The molecule has 0 bridgehead atoms. The Kier molecular flexibility index (Phi) is 3.10. The molecule has 0 aromatic heterocycles. The van der Waals surface area contributed by atoms with E-state index in [1.165, 1.54) is 0 Å². The van der Waals surface area contributed by atoms with Gasteiger partial charge in [0.15, 0.2) is 0 Å². The second-order valence-corrected chi connectivity index (χ2v) is 4.05. The van der Waals surface area contributed by atoms with Gasteiger partial charge in [0.25, 0.3) is 0 Å². The van der Waals surface area contributed by atoms with Crippen molar-refractivity contribution in [2.45, 2.75) is 19.1 Å². The van der Waals surface area contributed by atoms with Crippen LogP contribution in [0.5, 0.6) is 0 Å². The van der Waals surface area contributed by atoms with E-state index >= 15 is 0 Å². The average molecular weight is 222 g/mol. The van der Waals surface area contributed by atoms with E-state index in [1.807, 2.05) is 37.3 Å². The Bertz CT molecular complexity index is 351. The largest absolute Gasteiger partial charge is 0.508 e. The summed E-state index contributed by atoms with van der Waals surface area (Å²) in [6.07, 6.45) is -0.624. The Morgan fingerprint density at radius 1 is 1.25 bits per heavy atom. The number of hydrogen-bond donors (Lipinski definition) is 0. The summed E-state index contributed by atoms with van der Waals surface area (Å²) in [5, 5.41) is 0.